The molecule has 0 fully saturated rings. The Labute approximate surface area is 131 Å². The van der Waals surface area contributed by atoms with Crippen molar-refractivity contribution in [2.24, 2.45) is 0 Å². The van der Waals surface area contributed by atoms with Gasteiger partial charge in [0.15, 0.2) is 0 Å². The summed E-state index contributed by atoms with van der Waals surface area (Å²) in [7, 11) is 0. The highest BCUT2D eigenvalue weighted by Gasteiger charge is 2.03. The summed E-state index contributed by atoms with van der Waals surface area (Å²) in [6, 6.07) is 12.4. The van der Waals surface area contributed by atoms with E-state index in [0.29, 0.717) is 0 Å². The third-order valence-corrected chi connectivity index (χ3v) is 3.28. The topological polar surface area (TPSA) is 17.3 Å². The average Bonchev–Trinajstić information content (AvgIpc) is 2.72. The van der Waals surface area contributed by atoms with Gasteiger partial charge >= 0.3 is 0 Å². The van der Waals surface area contributed by atoms with Gasteiger partial charge in [0.2, 0.25) is 0 Å². The number of benzene rings is 1. The van der Waals surface area contributed by atoms with Gasteiger partial charge in [0.1, 0.15) is 5.65 Å². The second-order valence-electron chi connectivity index (χ2n) is 4.10. The van der Waals surface area contributed by atoms with Crippen LogP contribution in [0.15, 0.2) is 53.3 Å². The van der Waals surface area contributed by atoms with E-state index in [1.165, 1.54) is 5.56 Å². The van der Waals surface area contributed by atoms with Gasteiger partial charge in [-0.25, -0.2) is 4.98 Å². The van der Waals surface area contributed by atoms with E-state index >= 15 is 0 Å². The lowest BCUT2D eigenvalue weighted by atomic mass is 10.2. The summed E-state index contributed by atoms with van der Waals surface area (Å²) in [5.41, 5.74) is 4.35. The Morgan fingerprint density at radius 1 is 1.11 bits per heavy atom. The molecule has 0 spiro atoms. The van der Waals surface area contributed by atoms with Gasteiger partial charge in [-0.15, -0.1) is 24.0 Å². The molecule has 0 saturated heterocycles. The van der Waals surface area contributed by atoms with Gasteiger partial charge in [-0.05, 0) is 36.8 Å². The van der Waals surface area contributed by atoms with E-state index < -0.39 is 0 Å². The molecule has 4 heteroatoms. The van der Waals surface area contributed by atoms with Crippen LogP contribution in [0.1, 0.15) is 5.56 Å². The van der Waals surface area contributed by atoms with Gasteiger partial charge in [0.05, 0.1) is 5.69 Å². The number of rotatable bonds is 1. The molecule has 0 aliphatic heterocycles. The molecule has 3 rings (SSSR count). The first-order valence-corrected chi connectivity index (χ1v) is 6.23. The maximum atomic E-state index is 4.62. The van der Waals surface area contributed by atoms with Crippen LogP contribution >= 0.6 is 39.9 Å². The molecule has 0 atom stereocenters. The predicted molar refractivity (Wildman–Crippen MR) is 88.5 cm³/mol. The van der Waals surface area contributed by atoms with Crippen LogP contribution in [0, 0.1) is 6.92 Å². The van der Waals surface area contributed by atoms with Gasteiger partial charge in [-0.3, -0.25) is 0 Å². The molecule has 0 unspecified atom stereocenters. The quantitative estimate of drug-likeness (QED) is 0.528. The molecule has 2 aromatic heterocycles. The average molecular weight is 415 g/mol. The van der Waals surface area contributed by atoms with Gasteiger partial charge in [-0.2, -0.15) is 0 Å². The van der Waals surface area contributed by atoms with Crippen molar-refractivity contribution in [1.29, 1.82) is 0 Å². The first-order valence-electron chi connectivity index (χ1n) is 5.44. The van der Waals surface area contributed by atoms with E-state index in [1.54, 1.807) is 0 Å². The van der Waals surface area contributed by atoms with Gasteiger partial charge in [0.25, 0.3) is 0 Å². The fourth-order valence-corrected chi connectivity index (χ4v) is 2.11. The van der Waals surface area contributed by atoms with E-state index in [2.05, 4.69) is 58.3 Å². The number of imidazole rings is 1. The largest absolute Gasteiger partial charge is 0.306 e. The number of halogens is 2. The van der Waals surface area contributed by atoms with E-state index in [1.807, 2.05) is 22.7 Å². The minimum atomic E-state index is 0. The molecule has 0 saturated carbocycles. The number of pyridine rings is 1. The first-order chi connectivity index (χ1) is 8.22. The van der Waals surface area contributed by atoms with Crippen LogP contribution in [-0.4, -0.2) is 9.38 Å². The van der Waals surface area contributed by atoms with Crippen LogP contribution in [-0.2, 0) is 0 Å². The second-order valence-corrected chi connectivity index (χ2v) is 5.02. The maximum Gasteiger partial charge on any atom is 0.137 e. The Bertz CT molecular complexity index is 674. The molecule has 2 heterocycles. The summed E-state index contributed by atoms with van der Waals surface area (Å²) in [6.07, 6.45) is 4.10. The van der Waals surface area contributed by atoms with Crippen molar-refractivity contribution >= 4 is 45.6 Å². The number of nitrogens with zero attached hydrogens (tertiary/aromatic N) is 2. The van der Waals surface area contributed by atoms with Crippen molar-refractivity contribution < 1.29 is 0 Å². The highest BCUT2D eigenvalue weighted by molar-refractivity contribution is 14.0. The lowest BCUT2D eigenvalue weighted by Crippen LogP contribution is -1.81. The molecule has 3 aromatic rings. The Hall–Kier alpha value is -0.880. The van der Waals surface area contributed by atoms with E-state index in [4.69, 9.17) is 0 Å². The number of hydrogen-bond acceptors (Lipinski definition) is 1. The fourth-order valence-electron chi connectivity index (χ4n) is 1.84. The Kier molecular flexibility index (Phi) is 4.07. The molecule has 0 radical (unpaired) electrons. The van der Waals surface area contributed by atoms with Crippen LogP contribution in [0.25, 0.3) is 16.9 Å². The van der Waals surface area contributed by atoms with Crippen molar-refractivity contribution in [1.82, 2.24) is 9.38 Å². The third kappa shape index (κ3) is 2.59. The summed E-state index contributed by atoms with van der Waals surface area (Å²) in [4.78, 5) is 4.62. The molecule has 92 valence electrons. The summed E-state index contributed by atoms with van der Waals surface area (Å²) in [5, 5.41) is 0. The molecule has 0 aliphatic rings. The standard InChI is InChI=1S/C14H11BrN2.HI/c1-10-6-7-17-9-13(16-14(17)8-10)11-2-4-12(15)5-3-11;/h2-9H,1H3;1H. The van der Waals surface area contributed by atoms with Gasteiger partial charge in [0, 0.05) is 22.4 Å². The van der Waals surface area contributed by atoms with Gasteiger partial charge in [-0.1, -0.05) is 28.1 Å². The third-order valence-electron chi connectivity index (χ3n) is 2.76. The lowest BCUT2D eigenvalue weighted by Gasteiger charge is -1.95. The van der Waals surface area contributed by atoms with Crippen molar-refractivity contribution in [3.63, 3.8) is 0 Å². The Balaban J connectivity index is 0.00000120. The molecule has 0 bridgehead atoms. The number of fused-ring (bicyclic) bond motifs is 1. The summed E-state index contributed by atoms with van der Waals surface area (Å²) < 4.78 is 3.13. The summed E-state index contributed by atoms with van der Waals surface area (Å²) in [5.74, 6) is 0. The molecule has 0 N–H and O–H groups in total. The highest BCUT2D eigenvalue weighted by Crippen LogP contribution is 2.21. The predicted octanol–water partition coefficient (Wildman–Crippen LogP) is 4.69. The van der Waals surface area contributed by atoms with Crippen molar-refractivity contribution in [2.45, 2.75) is 6.92 Å². The monoisotopic (exact) mass is 414 g/mol. The zero-order valence-corrected chi connectivity index (χ0v) is 13.7. The smallest absolute Gasteiger partial charge is 0.137 e. The molecular weight excluding hydrogens is 403 g/mol. The van der Waals surface area contributed by atoms with Crippen LogP contribution in [0.3, 0.4) is 0 Å². The molecule has 18 heavy (non-hydrogen) atoms. The molecule has 0 aliphatic carbocycles. The molecule has 1 aromatic carbocycles. The molecule has 0 amide bonds. The van der Waals surface area contributed by atoms with E-state index in [0.717, 1.165) is 21.4 Å². The van der Waals surface area contributed by atoms with Crippen molar-refractivity contribution in [2.75, 3.05) is 0 Å². The maximum absolute atomic E-state index is 4.62. The second kappa shape index (κ2) is 5.40. The Morgan fingerprint density at radius 3 is 2.56 bits per heavy atom. The van der Waals surface area contributed by atoms with Gasteiger partial charge < -0.3 is 4.40 Å². The molecular formula is C14H12BrIN2. The van der Waals surface area contributed by atoms with Crippen LogP contribution in [0.5, 0.6) is 0 Å². The number of hydrogen-bond donors (Lipinski definition) is 0. The first kappa shape index (κ1) is 13.5. The normalized spacial score (nSPS) is 10.3. The minimum absolute atomic E-state index is 0. The minimum Gasteiger partial charge on any atom is -0.306 e. The summed E-state index contributed by atoms with van der Waals surface area (Å²) in [6.45, 7) is 2.08. The zero-order valence-electron chi connectivity index (χ0n) is 9.80. The zero-order chi connectivity index (χ0) is 11.8. The van der Waals surface area contributed by atoms with Crippen LogP contribution < -0.4 is 0 Å². The number of aryl methyl sites for hydroxylation is 1. The highest BCUT2D eigenvalue weighted by atomic mass is 127. The van der Waals surface area contributed by atoms with Crippen molar-refractivity contribution in [3.05, 3.63) is 58.8 Å². The van der Waals surface area contributed by atoms with Crippen LogP contribution in [0.4, 0.5) is 0 Å². The van der Waals surface area contributed by atoms with Crippen LogP contribution in [0.2, 0.25) is 0 Å². The summed E-state index contributed by atoms with van der Waals surface area (Å²) >= 11 is 3.44. The fraction of sp³-hybridized carbons (Fsp3) is 0.0714. The molecule has 2 nitrogen and oxygen atoms in total. The van der Waals surface area contributed by atoms with E-state index in [-0.39, 0.29) is 24.0 Å². The number of aromatic nitrogens is 2. The lowest BCUT2D eigenvalue weighted by molar-refractivity contribution is 1.17. The van der Waals surface area contributed by atoms with E-state index in [9.17, 15) is 0 Å². The Morgan fingerprint density at radius 2 is 1.83 bits per heavy atom. The SMILES string of the molecule is Cc1ccn2cc(-c3ccc(Br)cc3)nc2c1.I. The van der Waals surface area contributed by atoms with Crippen molar-refractivity contribution in [3.8, 4) is 11.3 Å².